The summed E-state index contributed by atoms with van der Waals surface area (Å²) in [5.41, 5.74) is -0.0379. The molecule has 0 aromatic heterocycles. The van der Waals surface area contributed by atoms with Crippen LogP contribution in [0.25, 0.3) is 0 Å². The number of ketones is 1. The third-order valence-corrected chi connectivity index (χ3v) is 3.20. The molecule has 0 unspecified atom stereocenters. The molecule has 2 aromatic carbocycles. The molecule has 0 radical (unpaired) electrons. The van der Waals surface area contributed by atoms with Crippen LogP contribution in [0.4, 0.5) is 8.78 Å². The van der Waals surface area contributed by atoms with E-state index in [-0.39, 0.29) is 22.6 Å². The number of rotatable bonds is 6. The Balaban J connectivity index is 2.02. The van der Waals surface area contributed by atoms with Gasteiger partial charge in [0.25, 0.3) is 0 Å². The number of methoxy groups -OCH3 is 2. The molecule has 24 heavy (non-hydrogen) atoms. The third-order valence-electron chi connectivity index (χ3n) is 3.20. The van der Waals surface area contributed by atoms with Crippen LogP contribution in [0.3, 0.4) is 0 Å². The first kappa shape index (κ1) is 17.4. The number of esters is 1. The molecule has 0 bridgehead atoms. The lowest BCUT2D eigenvalue weighted by atomic mass is 10.1. The quantitative estimate of drug-likeness (QED) is 0.599. The Labute approximate surface area is 136 Å². The van der Waals surface area contributed by atoms with Crippen LogP contribution >= 0.6 is 0 Å². The largest absolute Gasteiger partial charge is 0.494 e. The van der Waals surface area contributed by atoms with Crippen LogP contribution in [0, 0.1) is 11.6 Å². The van der Waals surface area contributed by atoms with Crippen molar-refractivity contribution in [2.24, 2.45) is 0 Å². The molecule has 0 saturated heterocycles. The molecule has 0 N–H and O–H groups in total. The molecule has 0 fully saturated rings. The van der Waals surface area contributed by atoms with E-state index in [4.69, 9.17) is 14.2 Å². The van der Waals surface area contributed by atoms with Crippen molar-refractivity contribution in [3.8, 4) is 11.5 Å². The van der Waals surface area contributed by atoms with E-state index in [1.165, 1.54) is 38.5 Å². The van der Waals surface area contributed by atoms with Crippen LogP contribution in [0.1, 0.15) is 20.7 Å². The van der Waals surface area contributed by atoms with E-state index in [9.17, 15) is 18.4 Å². The van der Waals surface area contributed by atoms with Gasteiger partial charge in [0.15, 0.2) is 35.5 Å². The summed E-state index contributed by atoms with van der Waals surface area (Å²) >= 11 is 0. The minimum absolute atomic E-state index is 0.00254. The number of ether oxygens (including phenoxy) is 3. The first-order chi connectivity index (χ1) is 11.5. The summed E-state index contributed by atoms with van der Waals surface area (Å²) in [6.07, 6.45) is 0. The van der Waals surface area contributed by atoms with Gasteiger partial charge < -0.3 is 14.2 Å². The zero-order chi connectivity index (χ0) is 17.7. The lowest BCUT2D eigenvalue weighted by Crippen LogP contribution is -2.14. The Kier molecular flexibility index (Phi) is 5.47. The Morgan fingerprint density at radius 3 is 1.88 bits per heavy atom. The zero-order valence-electron chi connectivity index (χ0n) is 13.0. The van der Waals surface area contributed by atoms with Crippen molar-refractivity contribution in [2.75, 3.05) is 20.8 Å². The molecule has 0 spiro atoms. The fourth-order valence-electron chi connectivity index (χ4n) is 1.93. The van der Waals surface area contributed by atoms with Gasteiger partial charge >= 0.3 is 5.97 Å². The van der Waals surface area contributed by atoms with Crippen LogP contribution in [-0.2, 0) is 4.74 Å². The van der Waals surface area contributed by atoms with Gasteiger partial charge in [0.2, 0.25) is 0 Å². The molecule has 0 aliphatic heterocycles. The average Bonchev–Trinajstić information content (AvgIpc) is 2.59. The number of benzene rings is 2. The molecule has 0 heterocycles. The summed E-state index contributed by atoms with van der Waals surface area (Å²) in [6.45, 7) is -0.599. The normalized spacial score (nSPS) is 10.2. The van der Waals surface area contributed by atoms with Crippen molar-refractivity contribution < 1.29 is 32.6 Å². The molecular formula is C17H14F2O5. The first-order valence-electron chi connectivity index (χ1n) is 6.83. The van der Waals surface area contributed by atoms with Crippen LogP contribution < -0.4 is 9.47 Å². The molecule has 126 valence electrons. The van der Waals surface area contributed by atoms with Gasteiger partial charge in [-0.1, -0.05) is 0 Å². The lowest BCUT2D eigenvalue weighted by Gasteiger charge is -2.07. The number of Topliss-reactive ketones (excluding diaryl/α,β-unsaturated/α-hetero) is 1. The lowest BCUT2D eigenvalue weighted by molar-refractivity contribution is 0.0474. The highest BCUT2D eigenvalue weighted by atomic mass is 19.1. The smallest absolute Gasteiger partial charge is 0.338 e. The molecule has 0 aliphatic rings. The number of hydrogen-bond acceptors (Lipinski definition) is 5. The number of hydrogen-bond donors (Lipinski definition) is 0. The van der Waals surface area contributed by atoms with Crippen LogP contribution in [-0.4, -0.2) is 32.6 Å². The minimum atomic E-state index is -0.876. The van der Waals surface area contributed by atoms with E-state index < -0.39 is 30.0 Å². The Morgan fingerprint density at radius 1 is 0.875 bits per heavy atom. The monoisotopic (exact) mass is 336 g/mol. The molecule has 2 rings (SSSR count). The predicted molar refractivity (Wildman–Crippen MR) is 80.5 cm³/mol. The average molecular weight is 336 g/mol. The Hall–Kier alpha value is -2.96. The standard InChI is InChI=1S/C17H14F2O5/c1-22-15-5-3-10(7-12(15)18)14(20)9-24-17(21)11-4-6-16(23-2)13(19)8-11/h3-8H,9H2,1-2H3. The highest BCUT2D eigenvalue weighted by molar-refractivity contribution is 5.99. The van der Waals surface area contributed by atoms with Crippen LogP contribution in [0.15, 0.2) is 36.4 Å². The number of halogens is 2. The van der Waals surface area contributed by atoms with Crippen LogP contribution in [0.5, 0.6) is 11.5 Å². The second-order valence-electron chi connectivity index (χ2n) is 4.70. The highest BCUT2D eigenvalue weighted by Gasteiger charge is 2.15. The zero-order valence-corrected chi connectivity index (χ0v) is 13.0. The van der Waals surface area contributed by atoms with Gasteiger partial charge in [-0.15, -0.1) is 0 Å². The molecule has 5 nitrogen and oxygen atoms in total. The molecule has 2 aromatic rings. The van der Waals surface area contributed by atoms with Crippen molar-refractivity contribution in [1.82, 2.24) is 0 Å². The Morgan fingerprint density at radius 2 is 1.38 bits per heavy atom. The maximum atomic E-state index is 13.6. The number of carbonyl (C=O) groups is 2. The van der Waals surface area contributed by atoms with Gasteiger partial charge in [0.1, 0.15) is 0 Å². The number of carbonyl (C=O) groups excluding carboxylic acids is 2. The molecule has 0 aliphatic carbocycles. The van der Waals surface area contributed by atoms with Crippen molar-refractivity contribution in [3.05, 3.63) is 59.2 Å². The van der Waals surface area contributed by atoms with Gasteiger partial charge in [-0.3, -0.25) is 4.79 Å². The molecule has 0 amide bonds. The fourth-order valence-corrected chi connectivity index (χ4v) is 1.93. The highest BCUT2D eigenvalue weighted by Crippen LogP contribution is 2.19. The summed E-state index contributed by atoms with van der Waals surface area (Å²) in [7, 11) is 2.60. The topological polar surface area (TPSA) is 61.8 Å². The molecule has 0 saturated carbocycles. The van der Waals surface area contributed by atoms with E-state index in [1.54, 1.807) is 0 Å². The van der Waals surface area contributed by atoms with E-state index in [0.29, 0.717) is 0 Å². The van der Waals surface area contributed by atoms with Gasteiger partial charge in [0.05, 0.1) is 19.8 Å². The predicted octanol–water partition coefficient (Wildman–Crippen LogP) is 3.02. The summed E-state index contributed by atoms with van der Waals surface area (Å²) in [6, 6.07) is 7.16. The second-order valence-corrected chi connectivity index (χ2v) is 4.70. The molecule has 0 atom stereocenters. The summed E-state index contributed by atoms with van der Waals surface area (Å²) in [5.74, 6) is -2.92. The summed E-state index contributed by atoms with van der Waals surface area (Å²) < 4.78 is 41.4. The summed E-state index contributed by atoms with van der Waals surface area (Å²) in [4.78, 5) is 23.7. The van der Waals surface area contributed by atoms with Crippen molar-refractivity contribution in [3.63, 3.8) is 0 Å². The fraction of sp³-hybridized carbons (Fsp3) is 0.176. The first-order valence-corrected chi connectivity index (χ1v) is 6.83. The minimum Gasteiger partial charge on any atom is -0.494 e. The van der Waals surface area contributed by atoms with E-state index >= 15 is 0 Å². The van der Waals surface area contributed by atoms with E-state index in [2.05, 4.69) is 0 Å². The second kappa shape index (κ2) is 7.54. The maximum Gasteiger partial charge on any atom is 0.338 e. The Bertz CT molecular complexity index is 708. The van der Waals surface area contributed by atoms with E-state index in [0.717, 1.165) is 12.1 Å². The third kappa shape index (κ3) is 3.87. The van der Waals surface area contributed by atoms with Crippen molar-refractivity contribution in [1.29, 1.82) is 0 Å². The van der Waals surface area contributed by atoms with Crippen molar-refractivity contribution >= 4 is 11.8 Å². The van der Waals surface area contributed by atoms with Crippen LogP contribution in [0.2, 0.25) is 0 Å². The molecule has 7 heteroatoms. The maximum absolute atomic E-state index is 13.6. The van der Waals surface area contributed by atoms with E-state index in [1.807, 2.05) is 0 Å². The van der Waals surface area contributed by atoms with Crippen molar-refractivity contribution in [2.45, 2.75) is 0 Å². The van der Waals surface area contributed by atoms with Gasteiger partial charge in [-0.2, -0.15) is 0 Å². The molecular weight excluding hydrogens is 322 g/mol. The SMILES string of the molecule is COc1ccc(C(=O)COC(=O)c2ccc(OC)c(F)c2)cc1F. The van der Waals surface area contributed by atoms with Gasteiger partial charge in [-0.25, -0.2) is 13.6 Å². The van der Waals surface area contributed by atoms with Gasteiger partial charge in [0, 0.05) is 5.56 Å². The van der Waals surface area contributed by atoms with Gasteiger partial charge in [-0.05, 0) is 36.4 Å². The summed E-state index contributed by atoms with van der Waals surface area (Å²) in [5, 5.41) is 0.